The molecule has 3 nitrogen and oxygen atoms in total. The average Bonchev–Trinajstić information content (AvgIpc) is 2.80. The van der Waals surface area contributed by atoms with Crippen LogP contribution in [0.3, 0.4) is 0 Å². The lowest BCUT2D eigenvalue weighted by atomic mass is 10.0. The van der Waals surface area contributed by atoms with Crippen LogP contribution < -0.4 is 5.73 Å². The summed E-state index contributed by atoms with van der Waals surface area (Å²) in [5.41, 5.74) is 10.5. The summed E-state index contributed by atoms with van der Waals surface area (Å²) in [5.74, 6) is 0. The molecule has 5 heteroatoms. The van der Waals surface area contributed by atoms with Gasteiger partial charge < -0.3 is 5.73 Å². The zero-order valence-corrected chi connectivity index (χ0v) is 14.2. The molecule has 21 heavy (non-hydrogen) atoms. The Balaban J connectivity index is 2.46. The van der Waals surface area contributed by atoms with Crippen LogP contribution in [0.25, 0.3) is 0 Å². The van der Waals surface area contributed by atoms with E-state index in [1.165, 1.54) is 5.69 Å². The van der Waals surface area contributed by atoms with E-state index in [4.69, 9.17) is 34.0 Å². The molecule has 0 aliphatic carbocycles. The maximum absolute atomic E-state index is 6.26. The van der Waals surface area contributed by atoms with Crippen molar-refractivity contribution in [3.8, 4) is 0 Å². The van der Waals surface area contributed by atoms with Gasteiger partial charge in [0, 0.05) is 27.3 Å². The van der Waals surface area contributed by atoms with Crippen LogP contribution in [-0.4, -0.2) is 9.78 Å². The third-order valence-corrected chi connectivity index (χ3v) is 4.23. The molecule has 0 fully saturated rings. The van der Waals surface area contributed by atoms with E-state index in [0.717, 1.165) is 29.7 Å². The van der Waals surface area contributed by atoms with Crippen molar-refractivity contribution < 1.29 is 0 Å². The van der Waals surface area contributed by atoms with Gasteiger partial charge in [-0.2, -0.15) is 5.10 Å². The molecule has 114 valence electrons. The Kier molecular flexibility index (Phi) is 5.31. The maximum Gasteiger partial charge on any atom is 0.0677 e. The molecule has 1 heterocycles. The molecule has 0 saturated carbocycles. The Labute approximate surface area is 136 Å². The van der Waals surface area contributed by atoms with Crippen LogP contribution in [0.15, 0.2) is 18.2 Å². The molecule has 0 radical (unpaired) electrons. The monoisotopic (exact) mass is 325 g/mol. The average molecular weight is 326 g/mol. The number of halogens is 2. The third kappa shape index (κ3) is 3.42. The molecule has 1 atom stereocenters. The summed E-state index contributed by atoms with van der Waals surface area (Å²) in [4.78, 5) is 0. The predicted octanol–water partition coefficient (Wildman–Crippen LogP) is 4.38. The number of aryl methyl sites for hydroxylation is 1. The first-order valence-electron chi connectivity index (χ1n) is 7.25. The molecule has 0 amide bonds. The summed E-state index contributed by atoms with van der Waals surface area (Å²) < 4.78 is 2.01. The van der Waals surface area contributed by atoms with Gasteiger partial charge in [0.25, 0.3) is 0 Å². The lowest BCUT2D eigenvalue weighted by Crippen LogP contribution is -2.11. The summed E-state index contributed by atoms with van der Waals surface area (Å²) in [7, 11) is 0. The number of aromatic nitrogens is 2. The van der Waals surface area contributed by atoms with E-state index in [-0.39, 0.29) is 6.04 Å². The van der Waals surface area contributed by atoms with Crippen LogP contribution in [0, 0.1) is 0 Å². The summed E-state index contributed by atoms with van der Waals surface area (Å²) >= 11 is 12.3. The van der Waals surface area contributed by atoms with Crippen LogP contribution in [0.1, 0.15) is 49.3 Å². The van der Waals surface area contributed by atoms with E-state index < -0.39 is 0 Å². The molecule has 1 unspecified atom stereocenters. The number of rotatable bonds is 5. The van der Waals surface area contributed by atoms with Crippen LogP contribution in [0.2, 0.25) is 10.0 Å². The second-order valence-electron chi connectivity index (χ2n) is 5.20. The number of benzene rings is 1. The molecule has 1 aromatic carbocycles. The van der Waals surface area contributed by atoms with Crippen molar-refractivity contribution in [2.45, 2.75) is 46.2 Å². The summed E-state index contributed by atoms with van der Waals surface area (Å²) in [6.07, 6.45) is 1.77. The zero-order valence-electron chi connectivity index (χ0n) is 12.7. The van der Waals surface area contributed by atoms with Gasteiger partial charge in [0.1, 0.15) is 0 Å². The smallest absolute Gasteiger partial charge is 0.0677 e. The highest BCUT2D eigenvalue weighted by molar-refractivity contribution is 6.33. The molecule has 0 spiro atoms. The van der Waals surface area contributed by atoms with Gasteiger partial charge >= 0.3 is 0 Å². The van der Waals surface area contributed by atoms with Crippen LogP contribution in [0.4, 0.5) is 0 Å². The Hall–Kier alpha value is -1.03. The molecule has 0 saturated heterocycles. The largest absolute Gasteiger partial charge is 0.324 e. The second kappa shape index (κ2) is 6.82. The number of hydrogen-bond donors (Lipinski definition) is 1. The normalized spacial score (nSPS) is 12.7. The van der Waals surface area contributed by atoms with E-state index in [1.807, 2.05) is 23.7 Å². The van der Waals surface area contributed by atoms with Gasteiger partial charge in [0.05, 0.1) is 12.2 Å². The highest BCUT2D eigenvalue weighted by atomic mass is 35.5. The quantitative estimate of drug-likeness (QED) is 0.886. The van der Waals surface area contributed by atoms with Gasteiger partial charge in [-0.25, -0.2) is 0 Å². The number of nitrogens with two attached hydrogens (primary N) is 1. The van der Waals surface area contributed by atoms with Crippen LogP contribution in [0.5, 0.6) is 0 Å². The van der Waals surface area contributed by atoms with E-state index in [2.05, 4.69) is 13.8 Å². The highest BCUT2D eigenvalue weighted by Crippen LogP contribution is 2.26. The van der Waals surface area contributed by atoms with Crippen molar-refractivity contribution in [3.63, 3.8) is 0 Å². The van der Waals surface area contributed by atoms with E-state index in [9.17, 15) is 0 Å². The summed E-state index contributed by atoms with van der Waals surface area (Å²) in [5, 5.41) is 6.11. The Morgan fingerprint density at radius 2 is 1.95 bits per heavy atom. The van der Waals surface area contributed by atoms with Gasteiger partial charge in [-0.15, -0.1) is 0 Å². The molecule has 2 rings (SSSR count). The summed E-state index contributed by atoms with van der Waals surface area (Å²) in [6.45, 7) is 6.84. The van der Waals surface area contributed by atoms with Crippen molar-refractivity contribution in [2.75, 3.05) is 0 Å². The summed E-state index contributed by atoms with van der Waals surface area (Å²) in [6, 6.07) is 5.49. The molecular weight excluding hydrogens is 305 g/mol. The van der Waals surface area contributed by atoms with E-state index >= 15 is 0 Å². The Morgan fingerprint density at radius 3 is 2.52 bits per heavy atom. The molecule has 0 aliphatic heterocycles. The molecular formula is C16H21Cl2N3. The maximum atomic E-state index is 6.26. The van der Waals surface area contributed by atoms with Crippen LogP contribution >= 0.6 is 23.2 Å². The minimum absolute atomic E-state index is 0.0153. The van der Waals surface area contributed by atoms with Crippen LogP contribution in [-0.2, 0) is 19.4 Å². The minimum Gasteiger partial charge on any atom is -0.324 e. The molecule has 2 N–H and O–H groups in total. The Bertz CT molecular complexity index is 633. The van der Waals surface area contributed by atoms with E-state index in [1.54, 1.807) is 6.07 Å². The number of nitrogens with zero attached hydrogens (tertiary/aromatic N) is 2. The lowest BCUT2D eigenvalue weighted by molar-refractivity contribution is 0.637. The van der Waals surface area contributed by atoms with Gasteiger partial charge in [0.15, 0.2) is 0 Å². The first-order chi connectivity index (χ1) is 9.97. The molecule has 0 bridgehead atoms. The van der Waals surface area contributed by atoms with Crippen molar-refractivity contribution in [1.82, 2.24) is 9.78 Å². The van der Waals surface area contributed by atoms with Gasteiger partial charge in [0.2, 0.25) is 0 Å². The van der Waals surface area contributed by atoms with Crippen molar-refractivity contribution >= 4 is 23.2 Å². The zero-order chi connectivity index (χ0) is 15.6. The second-order valence-corrected chi connectivity index (χ2v) is 6.04. The van der Waals surface area contributed by atoms with Crippen molar-refractivity contribution in [2.24, 2.45) is 5.73 Å². The van der Waals surface area contributed by atoms with Crippen molar-refractivity contribution in [1.29, 1.82) is 0 Å². The molecule has 2 aromatic rings. The lowest BCUT2D eigenvalue weighted by Gasteiger charge is -2.11. The van der Waals surface area contributed by atoms with Crippen molar-refractivity contribution in [3.05, 3.63) is 50.8 Å². The molecule has 1 aromatic heterocycles. The fraction of sp³-hybridized carbons (Fsp3) is 0.438. The third-order valence-electron chi connectivity index (χ3n) is 3.63. The fourth-order valence-electron chi connectivity index (χ4n) is 2.68. The SMILES string of the molecule is CCc1nn(Cc2cc(Cl)ccc2Cl)c(CC)c1C(C)N. The fourth-order valence-corrected chi connectivity index (χ4v) is 3.05. The molecule has 0 aliphatic rings. The first kappa shape index (κ1) is 16.3. The van der Waals surface area contributed by atoms with Gasteiger partial charge in [-0.3, -0.25) is 4.68 Å². The van der Waals surface area contributed by atoms with E-state index in [0.29, 0.717) is 16.6 Å². The Morgan fingerprint density at radius 1 is 1.24 bits per heavy atom. The first-order valence-corrected chi connectivity index (χ1v) is 8.01. The minimum atomic E-state index is -0.0153. The standard InChI is InChI=1S/C16H21Cl2N3/c1-4-14-16(10(3)19)15(5-2)21(20-14)9-11-8-12(17)6-7-13(11)18/h6-8,10H,4-5,9,19H2,1-3H3. The predicted molar refractivity (Wildman–Crippen MR) is 89.1 cm³/mol. The van der Waals surface area contributed by atoms with Gasteiger partial charge in [-0.05, 0) is 43.5 Å². The van der Waals surface area contributed by atoms with Gasteiger partial charge in [-0.1, -0.05) is 37.0 Å². The number of hydrogen-bond acceptors (Lipinski definition) is 2. The highest BCUT2D eigenvalue weighted by Gasteiger charge is 2.19. The topological polar surface area (TPSA) is 43.8 Å².